The second-order valence-electron chi connectivity index (χ2n) is 7.08. The molecule has 0 aliphatic carbocycles. The summed E-state index contributed by atoms with van der Waals surface area (Å²) in [5, 5.41) is 2.95. The van der Waals surface area contributed by atoms with E-state index in [0.717, 1.165) is 31.5 Å². The van der Waals surface area contributed by atoms with Gasteiger partial charge in [0.15, 0.2) is 18.1 Å². The van der Waals surface area contributed by atoms with E-state index in [2.05, 4.69) is 10.2 Å². The van der Waals surface area contributed by atoms with Crippen LogP contribution in [0.2, 0.25) is 0 Å². The van der Waals surface area contributed by atoms with Crippen molar-refractivity contribution >= 4 is 5.91 Å². The van der Waals surface area contributed by atoms with E-state index in [1.165, 1.54) is 6.07 Å². The van der Waals surface area contributed by atoms with Crippen LogP contribution in [0.5, 0.6) is 11.5 Å². The van der Waals surface area contributed by atoms with Crippen LogP contribution in [0.1, 0.15) is 18.4 Å². The molecule has 0 bridgehead atoms. The Hall–Kier alpha value is -2.60. The highest BCUT2D eigenvalue weighted by Gasteiger charge is 2.21. The molecule has 2 aromatic carbocycles. The predicted octanol–water partition coefficient (Wildman–Crippen LogP) is 3.24. The molecule has 1 atom stereocenters. The molecule has 5 nitrogen and oxygen atoms in total. The third-order valence-corrected chi connectivity index (χ3v) is 4.97. The first-order valence-electron chi connectivity index (χ1n) is 9.64. The van der Waals surface area contributed by atoms with Gasteiger partial charge in [0.25, 0.3) is 5.91 Å². The Morgan fingerprint density at radius 2 is 1.93 bits per heavy atom. The summed E-state index contributed by atoms with van der Waals surface area (Å²) >= 11 is 0. The van der Waals surface area contributed by atoms with Gasteiger partial charge in [0.1, 0.15) is 5.82 Å². The average molecular weight is 386 g/mol. The first-order chi connectivity index (χ1) is 13.7. The van der Waals surface area contributed by atoms with Crippen molar-refractivity contribution in [2.75, 3.05) is 33.4 Å². The molecule has 1 aliphatic rings. The molecule has 150 valence electrons. The van der Waals surface area contributed by atoms with Crippen LogP contribution >= 0.6 is 0 Å². The maximum absolute atomic E-state index is 13.9. The largest absolute Gasteiger partial charge is 0.493 e. The summed E-state index contributed by atoms with van der Waals surface area (Å²) in [7, 11) is 1.57. The summed E-state index contributed by atoms with van der Waals surface area (Å²) in [4.78, 5) is 14.4. The smallest absolute Gasteiger partial charge is 0.257 e. The summed E-state index contributed by atoms with van der Waals surface area (Å²) in [6.45, 7) is 2.96. The first kappa shape index (κ1) is 20.1. The SMILES string of the molecule is COc1ccccc1OCC(=O)NCC1CCCN(Cc2ccccc2F)C1. The number of benzene rings is 2. The zero-order valence-electron chi connectivity index (χ0n) is 16.2. The van der Waals surface area contributed by atoms with Gasteiger partial charge in [0, 0.05) is 25.2 Å². The number of piperidine rings is 1. The Morgan fingerprint density at radius 1 is 1.18 bits per heavy atom. The van der Waals surface area contributed by atoms with E-state index >= 15 is 0 Å². The molecule has 0 aromatic heterocycles. The Bertz CT molecular complexity index is 784. The van der Waals surface area contributed by atoms with Crippen molar-refractivity contribution < 1.29 is 18.7 Å². The van der Waals surface area contributed by atoms with E-state index in [9.17, 15) is 9.18 Å². The highest BCUT2D eigenvalue weighted by Crippen LogP contribution is 2.25. The lowest BCUT2D eigenvalue weighted by Gasteiger charge is -2.32. The molecule has 0 spiro atoms. The number of para-hydroxylation sites is 2. The minimum Gasteiger partial charge on any atom is -0.493 e. The molecule has 1 amide bonds. The van der Waals surface area contributed by atoms with Crippen LogP contribution in [0.3, 0.4) is 0 Å². The third kappa shape index (κ3) is 5.70. The minimum atomic E-state index is -0.161. The van der Waals surface area contributed by atoms with Gasteiger partial charge in [0.05, 0.1) is 7.11 Å². The predicted molar refractivity (Wildman–Crippen MR) is 106 cm³/mol. The van der Waals surface area contributed by atoms with Gasteiger partial charge in [-0.1, -0.05) is 30.3 Å². The van der Waals surface area contributed by atoms with Gasteiger partial charge in [-0.3, -0.25) is 9.69 Å². The number of likely N-dealkylation sites (tertiary alicyclic amines) is 1. The minimum absolute atomic E-state index is 0.0496. The molecule has 6 heteroatoms. The van der Waals surface area contributed by atoms with Crippen molar-refractivity contribution in [1.82, 2.24) is 10.2 Å². The van der Waals surface area contributed by atoms with E-state index in [-0.39, 0.29) is 18.3 Å². The van der Waals surface area contributed by atoms with Gasteiger partial charge < -0.3 is 14.8 Å². The van der Waals surface area contributed by atoms with Crippen LogP contribution in [-0.2, 0) is 11.3 Å². The molecular weight excluding hydrogens is 359 g/mol. The molecule has 1 heterocycles. The Labute approximate surface area is 165 Å². The molecular formula is C22H27FN2O3. The molecule has 1 aliphatic heterocycles. The number of carbonyl (C=O) groups is 1. The number of amides is 1. The number of hydrogen-bond donors (Lipinski definition) is 1. The zero-order chi connectivity index (χ0) is 19.8. The van der Waals surface area contributed by atoms with E-state index in [1.807, 2.05) is 24.3 Å². The van der Waals surface area contributed by atoms with Crippen LogP contribution in [-0.4, -0.2) is 44.2 Å². The lowest BCUT2D eigenvalue weighted by molar-refractivity contribution is -0.123. The summed E-state index contributed by atoms with van der Waals surface area (Å²) in [6, 6.07) is 14.1. The van der Waals surface area contributed by atoms with Gasteiger partial charge in [0.2, 0.25) is 0 Å². The van der Waals surface area contributed by atoms with Gasteiger partial charge in [-0.15, -0.1) is 0 Å². The fourth-order valence-corrected chi connectivity index (χ4v) is 3.52. The lowest BCUT2D eigenvalue weighted by Crippen LogP contribution is -2.41. The Kier molecular flexibility index (Phi) is 7.25. The molecule has 0 saturated carbocycles. The number of methoxy groups -OCH3 is 1. The van der Waals surface area contributed by atoms with Crippen molar-refractivity contribution in [3.8, 4) is 11.5 Å². The zero-order valence-corrected chi connectivity index (χ0v) is 16.2. The Morgan fingerprint density at radius 3 is 2.71 bits per heavy atom. The van der Waals surface area contributed by atoms with Gasteiger partial charge in [-0.25, -0.2) is 4.39 Å². The summed E-state index contributed by atoms with van der Waals surface area (Å²) in [6.07, 6.45) is 2.11. The van der Waals surface area contributed by atoms with E-state index in [1.54, 1.807) is 25.3 Å². The normalized spacial score (nSPS) is 17.1. The summed E-state index contributed by atoms with van der Waals surface area (Å²) in [5.41, 5.74) is 0.720. The van der Waals surface area contributed by atoms with E-state index in [0.29, 0.717) is 30.5 Å². The number of rotatable bonds is 8. The van der Waals surface area contributed by atoms with E-state index in [4.69, 9.17) is 9.47 Å². The molecule has 3 rings (SSSR count). The van der Waals surface area contributed by atoms with Crippen molar-refractivity contribution in [3.05, 3.63) is 59.9 Å². The quantitative estimate of drug-likeness (QED) is 0.757. The average Bonchev–Trinajstić information content (AvgIpc) is 2.73. The molecule has 1 N–H and O–H groups in total. The standard InChI is InChI=1S/C22H27FN2O3/c1-27-20-10-4-5-11-21(20)28-16-22(26)24-13-17-7-6-12-25(14-17)15-18-8-2-3-9-19(18)23/h2-5,8-11,17H,6-7,12-16H2,1H3,(H,24,26). The van der Waals surface area contributed by atoms with Crippen LogP contribution in [0.4, 0.5) is 4.39 Å². The summed E-state index contributed by atoms with van der Waals surface area (Å²) in [5.74, 6) is 1.19. The molecule has 0 radical (unpaired) electrons. The number of halogens is 1. The van der Waals surface area contributed by atoms with E-state index < -0.39 is 0 Å². The monoisotopic (exact) mass is 386 g/mol. The van der Waals surface area contributed by atoms with Crippen molar-refractivity contribution in [1.29, 1.82) is 0 Å². The van der Waals surface area contributed by atoms with Crippen LogP contribution < -0.4 is 14.8 Å². The Balaban J connectivity index is 1.42. The number of ether oxygens (including phenoxy) is 2. The van der Waals surface area contributed by atoms with Crippen LogP contribution in [0.15, 0.2) is 48.5 Å². The number of carbonyl (C=O) groups excluding carboxylic acids is 1. The molecule has 1 saturated heterocycles. The molecule has 28 heavy (non-hydrogen) atoms. The molecule has 1 fully saturated rings. The van der Waals surface area contributed by atoms with Crippen LogP contribution in [0, 0.1) is 11.7 Å². The van der Waals surface area contributed by atoms with Gasteiger partial charge >= 0.3 is 0 Å². The molecule has 2 aromatic rings. The maximum Gasteiger partial charge on any atom is 0.257 e. The highest BCUT2D eigenvalue weighted by atomic mass is 19.1. The van der Waals surface area contributed by atoms with Gasteiger partial charge in [-0.2, -0.15) is 0 Å². The van der Waals surface area contributed by atoms with Crippen LogP contribution in [0.25, 0.3) is 0 Å². The van der Waals surface area contributed by atoms with Crippen molar-refractivity contribution in [2.24, 2.45) is 5.92 Å². The second-order valence-corrected chi connectivity index (χ2v) is 7.08. The molecule has 1 unspecified atom stereocenters. The number of nitrogens with one attached hydrogen (secondary N) is 1. The second kappa shape index (κ2) is 10.1. The lowest BCUT2D eigenvalue weighted by atomic mass is 9.97. The fourth-order valence-electron chi connectivity index (χ4n) is 3.52. The topological polar surface area (TPSA) is 50.8 Å². The fraction of sp³-hybridized carbons (Fsp3) is 0.409. The number of hydrogen-bond acceptors (Lipinski definition) is 4. The number of nitrogens with zero attached hydrogens (tertiary/aromatic N) is 1. The highest BCUT2D eigenvalue weighted by molar-refractivity contribution is 5.77. The van der Waals surface area contributed by atoms with Gasteiger partial charge in [-0.05, 0) is 43.5 Å². The maximum atomic E-state index is 13.9. The third-order valence-electron chi connectivity index (χ3n) is 4.97. The van der Waals surface area contributed by atoms with Crippen molar-refractivity contribution in [3.63, 3.8) is 0 Å². The van der Waals surface area contributed by atoms with Crippen molar-refractivity contribution in [2.45, 2.75) is 19.4 Å². The first-order valence-corrected chi connectivity index (χ1v) is 9.64. The summed E-state index contributed by atoms with van der Waals surface area (Å²) < 4.78 is 24.6.